The molecular weight excluding hydrogens is 216 g/mol. The van der Waals surface area contributed by atoms with Crippen LogP contribution < -0.4 is 5.32 Å². The molecule has 0 spiro atoms. The van der Waals surface area contributed by atoms with Crippen molar-refractivity contribution in [2.24, 2.45) is 0 Å². The van der Waals surface area contributed by atoms with Crippen LogP contribution >= 0.6 is 0 Å². The first kappa shape index (κ1) is 12.6. The molecule has 0 saturated carbocycles. The monoisotopic (exact) mass is 229 g/mol. The van der Waals surface area contributed by atoms with E-state index in [1.54, 1.807) is 0 Å². The molecule has 0 aliphatic carbocycles. The largest absolute Gasteiger partial charge is 0.480 e. The summed E-state index contributed by atoms with van der Waals surface area (Å²) in [6.07, 6.45) is 0.729. The third-order valence-corrected chi connectivity index (χ3v) is 2.12. The van der Waals surface area contributed by atoms with Crippen molar-refractivity contribution in [3.63, 3.8) is 0 Å². The summed E-state index contributed by atoms with van der Waals surface area (Å²) in [6.45, 7) is 2.32. The minimum absolute atomic E-state index is 0.0534. The van der Waals surface area contributed by atoms with Gasteiger partial charge in [-0.25, -0.2) is 8.78 Å². The highest BCUT2D eigenvalue weighted by Gasteiger charge is 2.22. The lowest BCUT2D eigenvalue weighted by Gasteiger charge is -2.14. The Morgan fingerprint density at radius 1 is 1.50 bits per heavy atom. The predicted molar refractivity (Wildman–Crippen MR) is 55.0 cm³/mol. The molecule has 3 nitrogen and oxygen atoms in total. The van der Waals surface area contributed by atoms with E-state index in [9.17, 15) is 13.6 Å². The summed E-state index contributed by atoms with van der Waals surface area (Å²) in [4.78, 5) is 10.9. The first-order valence-corrected chi connectivity index (χ1v) is 4.97. The third-order valence-electron chi connectivity index (χ3n) is 2.12. The summed E-state index contributed by atoms with van der Waals surface area (Å²) in [7, 11) is 0. The smallest absolute Gasteiger partial charge is 0.325 e. The lowest BCUT2D eigenvalue weighted by Crippen LogP contribution is -2.29. The molecule has 0 bridgehead atoms. The van der Waals surface area contributed by atoms with Crippen LogP contribution in [0.15, 0.2) is 18.2 Å². The number of benzene rings is 1. The lowest BCUT2D eigenvalue weighted by molar-refractivity contribution is -0.139. The van der Waals surface area contributed by atoms with Gasteiger partial charge in [0.25, 0.3) is 0 Å². The summed E-state index contributed by atoms with van der Waals surface area (Å²) in [5, 5.41) is 11.6. The number of carboxylic acid groups (broad SMARTS) is 1. The summed E-state index contributed by atoms with van der Waals surface area (Å²) < 4.78 is 26.0. The summed E-state index contributed by atoms with van der Waals surface area (Å²) in [5.41, 5.74) is -0.0534. The number of carbonyl (C=O) groups is 1. The van der Waals surface area contributed by atoms with Crippen molar-refractivity contribution < 1.29 is 18.7 Å². The van der Waals surface area contributed by atoms with Gasteiger partial charge >= 0.3 is 5.97 Å². The van der Waals surface area contributed by atoms with Crippen LogP contribution in [0.25, 0.3) is 0 Å². The topological polar surface area (TPSA) is 49.3 Å². The fourth-order valence-corrected chi connectivity index (χ4v) is 1.35. The Kier molecular flexibility index (Phi) is 4.37. The van der Waals surface area contributed by atoms with Crippen LogP contribution in [-0.4, -0.2) is 17.6 Å². The van der Waals surface area contributed by atoms with Crippen LogP contribution in [0.2, 0.25) is 0 Å². The van der Waals surface area contributed by atoms with E-state index in [4.69, 9.17) is 5.11 Å². The van der Waals surface area contributed by atoms with Crippen LogP contribution in [0.4, 0.5) is 8.78 Å². The Labute approximate surface area is 92.1 Å². The maximum atomic E-state index is 13.3. The molecular formula is C11H13F2NO2. The highest BCUT2D eigenvalue weighted by molar-refractivity contribution is 5.75. The molecule has 0 radical (unpaired) electrons. The first-order chi connectivity index (χ1) is 7.56. The van der Waals surface area contributed by atoms with Gasteiger partial charge in [-0.2, -0.15) is 0 Å². The van der Waals surface area contributed by atoms with Gasteiger partial charge in [-0.3, -0.25) is 4.79 Å². The number of hydrogen-bond acceptors (Lipinski definition) is 2. The summed E-state index contributed by atoms with van der Waals surface area (Å²) >= 11 is 0. The van der Waals surface area contributed by atoms with E-state index in [-0.39, 0.29) is 5.56 Å². The van der Waals surface area contributed by atoms with Crippen molar-refractivity contribution in [2.75, 3.05) is 6.54 Å². The second-order valence-corrected chi connectivity index (χ2v) is 3.39. The van der Waals surface area contributed by atoms with Gasteiger partial charge in [0, 0.05) is 11.6 Å². The fourth-order valence-electron chi connectivity index (χ4n) is 1.35. The van der Waals surface area contributed by atoms with Crippen LogP contribution in [0.3, 0.4) is 0 Å². The van der Waals surface area contributed by atoms with Gasteiger partial charge in [0.1, 0.15) is 17.7 Å². The van der Waals surface area contributed by atoms with E-state index >= 15 is 0 Å². The Balaban J connectivity index is 2.96. The molecule has 1 aromatic rings. The van der Waals surface area contributed by atoms with Crippen LogP contribution in [0.5, 0.6) is 0 Å². The summed E-state index contributed by atoms with van der Waals surface area (Å²) in [6, 6.07) is 1.73. The van der Waals surface area contributed by atoms with Crippen LogP contribution in [-0.2, 0) is 4.79 Å². The second kappa shape index (κ2) is 5.55. The van der Waals surface area contributed by atoms with Gasteiger partial charge in [-0.15, -0.1) is 0 Å². The molecule has 2 N–H and O–H groups in total. The highest BCUT2D eigenvalue weighted by Crippen LogP contribution is 2.18. The van der Waals surface area contributed by atoms with Gasteiger partial charge in [-0.1, -0.05) is 13.0 Å². The molecule has 5 heteroatoms. The SMILES string of the molecule is CCCNC(C(=O)O)c1ccc(F)cc1F. The van der Waals surface area contributed by atoms with Crippen molar-refractivity contribution in [1.82, 2.24) is 5.32 Å². The van der Waals surface area contributed by atoms with E-state index in [2.05, 4.69) is 5.32 Å². The Morgan fingerprint density at radius 3 is 2.69 bits per heavy atom. The summed E-state index contributed by atoms with van der Waals surface area (Å²) in [5.74, 6) is -2.75. The molecule has 0 aliphatic heterocycles. The average Bonchev–Trinajstić information content (AvgIpc) is 2.20. The zero-order valence-corrected chi connectivity index (χ0v) is 8.84. The molecule has 0 saturated heterocycles. The molecule has 1 unspecified atom stereocenters. The van der Waals surface area contributed by atoms with Gasteiger partial charge in [0.2, 0.25) is 0 Å². The van der Waals surface area contributed by atoms with E-state index in [1.807, 2.05) is 6.92 Å². The average molecular weight is 229 g/mol. The van der Waals surface area contributed by atoms with Gasteiger partial charge in [-0.05, 0) is 19.0 Å². The zero-order chi connectivity index (χ0) is 12.1. The standard InChI is InChI=1S/C11H13F2NO2/c1-2-5-14-10(11(15)16)8-4-3-7(12)6-9(8)13/h3-4,6,10,14H,2,5H2,1H3,(H,15,16). The minimum Gasteiger partial charge on any atom is -0.480 e. The lowest BCUT2D eigenvalue weighted by atomic mass is 10.1. The molecule has 1 rings (SSSR count). The van der Waals surface area contributed by atoms with Gasteiger partial charge in [0.05, 0.1) is 0 Å². The van der Waals surface area contributed by atoms with Crippen molar-refractivity contribution >= 4 is 5.97 Å². The Bertz CT molecular complexity index is 382. The van der Waals surface area contributed by atoms with Crippen molar-refractivity contribution in [3.8, 4) is 0 Å². The van der Waals surface area contributed by atoms with E-state index in [0.717, 1.165) is 18.6 Å². The van der Waals surface area contributed by atoms with Crippen molar-refractivity contribution in [1.29, 1.82) is 0 Å². The Morgan fingerprint density at radius 2 is 2.19 bits per heavy atom. The Hall–Kier alpha value is -1.49. The molecule has 1 atom stereocenters. The maximum absolute atomic E-state index is 13.3. The number of carboxylic acids is 1. The normalized spacial score (nSPS) is 12.4. The molecule has 1 aromatic carbocycles. The molecule has 0 aliphatic rings. The highest BCUT2D eigenvalue weighted by atomic mass is 19.1. The van der Waals surface area contributed by atoms with Gasteiger partial charge in [0.15, 0.2) is 0 Å². The molecule has 0 fully saturated rings. The number of rotatable bonds is 5. The number of aliphatic carboxylic acids is 1. The molecule has 16 heavy (non-hydrogen) atoms. The van der Waals surface area contributed by atoms with Crippen molar-refractivity contribution in [2.45, 2.75) is 19.4 Å². The quantitative estimate of drug-likeness (QED) is 0.812. The molecule has 0 heterocycles. The predicted octanol–water partition coefficient (Wildman–Crippen LogP) is 2.09. The second-order valence-electron chi connectivity index (χ2n) is 3.39. The fraction of sp³-hybridized carbons (Fsp3) is 0.364. The number of nitrogens with one attached hydrogen (secondary N) is 1. The van der Waals surface area contributed by atoms with E-state index in [0.29, 0.717) is 12.6 Å². The molecule has 0 amide bonds. The molecule has 88 valence electrons. The van der Waals surface area contributed by atoms with Gasteiger partial charge < -0.3 is 10.4 Å². The van der Waals surface area contributed by atoms with Crippen LogP contribution in [0.1, 0.15) is 24.9 Å². The zero-order valence-electron chi connectivity index (χ0n) is 8.84. The number of hydrogen-bond donors (Lipinski definition) is 2. The first-order valence-electron chi connectivity index (χ1n) is 4.97. The van der Waals surface area contributed by atoms with E-state index < -0.39 is 23.6 Å². The molecule has 0 aromatic heterocycles. The third kappa shape index (κ3) is 3.00. The van der Waals surface area contributed by atoms with Crippen LogP contribution in [0, 0.1) is 11.6 Å². The maximum Gasteiger partial charge on any atom is 0.325 e. The minimum atomic E-state index is -1.18. The van der Waals surface area contributed by atoms with Crippen molar-refractivity contribution in [3.05, 3.63) is 35.4 Å². The number of halogens is 2. The van der Waals surface area contributed by atoms with E-state index in [1.165, 1.54) is 0 Å².